The Balaban J connectivity index is 2.07. The lowest BCUT2D eigenvalue weighted by Crippen LogP contribution is -2.27. The van der Waals surface area contributed by atoms with E-state index in [0.717, 1.165) is 5.56 Å². The summed E-state index contributed by atoms with van der Waals surface area (Å²) in [5, 5.41) is 13.9. The van der Waals surface area contributed by atoms with Gasteiger partial charge in [0.1, 0.15) is 0 Å². The van der Waals surface area contributed by atoms with Crippen molar-refractivity contribution in [3.8, 4) is 5.75 Å². The van der Waals surface area contributed by atoms with Gasteiger partial charge in [-0.15, -0.1) is 0 Å². The standard InChI is InChI=1S/C18H20N2O4/c1-3-24-17-10-9-15(11-16(17)20(22)23)18(21)19-12-13(2)14-7-5-4-6-8-14/h4-11,13H,3,12H2,1-2H3,(H,19,21)/t13-/m1/s1. The van der Waals surface area contributed by atoms with Crippen LogP contribution in [0, 0.1) is 10.1 Å². The molecule has 0 unspecified atom stereocenters. The predicted molar refractivity (Wildman–Crippen MR) is 91.5 cm³/mol. The normalized spacial score (nSPS) is 11.6. The van der Waals surface area contributed by atoms with Gasteiger partial charge in [0.05, 0.1) is 11.5 Å². The molecule has 0 saturated carbocycles. The summed E-state index contributed by atoms with van der Waals surface area (Å²) in [6.07, 6.45) is 0. The van der Waals surface area contributed by atoms with E-state index in [-0.39, 0.29) is 28.8 Å². The van der Waals surface area contributed by atoms with Gasteiger partial charge in [-0.1, -0.05) is 37.3 Å². The van der Waals surface area contributed by atoms with Gasteiger partial charge in [-0.2, -0.15) is 0 Å². The summed E-state index contributed by atoms with van der Waals surface area (Å²) in [6.45, 7) is 4.52. The summed E-state index contributed by atoms with van der Waals surface area (Å²) in [6, 6.07) is 14.1. The van der Waals surface area contributed by atoms with Crippen molar-refractivity contribution >= 4 is 11.6 Å². The van der Waals surface area contributed by atoms with E-state index in [4.69, 9.17) is 4.74 Å². The van der Waals surface area contributed by atoms with Crippen LogP contribution in [0.25, 0.3) is 0 Å². The number of benzene rings is 2. The van der Waals surface area contributed by atoms with Crippen LogP contribution < -0.4 is 10.1 Å². The van der Waals surface area contributed by atoms with Gasteiger partial charge in [0.15, 0.2) is 5.75 Å². The molecule has 6 heteroatoms. The van der Waals surface area contributed by atoms with Gasteiger partial charge in [-0.05, 0) is 30.5 Å². The van der Waals surface area contributed by atoms with E-state index in [9.17, 15) is 14.9 Å². The Morgan fingerprint density at radius 3 is 2.58 bits per heavy atom. The quantitative estimate of drug-likeness (QED) is 0.623. The molecule has 0 aliphatic rings. The highest BCUT2D eigenvalue weighted by Crippen LogP contribution is 2.28. The van der Waals surface area contributed by atoms with Crippen molar-refractivity contribution in [3.63, 3.8) is 0 Å². The Kier molecular flexibility index (Phi) is 5.89. The maximum absolute atomic E-state index is 12.2. The van der Waals surface area contributed by atoms with Gasteiger partial charge in [0.2, 0.25) is 0 Å². The molecule has 2 rings (SSSR count). The number of nitro benzene ring substituents is 1. The summed E-state index contributed by atoms with van der Waals surface area (Å²) < 4.78 is 5.22. The van der Waals surface area contributed by atoms with Crippen LogP contribution in [0.2, 0.25) is 0 Å². The zero-order valence-electron chi connectivity index (χ0n) is 13.7. The van der Waals surface area contributed by atoms with Crippen molar-refractivity contribution in [3.05, 3.63) is 69.8 Å². The minimum absolute atomic E-state index is 0.146. The number of carbonyl (C=O) groups is 1. The van der Waals surface area contributed by atoms with E-state index >= 15 is 0 Å². The van der Waals surface area contributed by atoms with Gasteiger partial charge in [-0.3, -0.25) is 14.9 Å². The first-order valence-electron chi connectivity index (χ1n) is 7.77. The highest BCUT2D eigenvalue weighted by atomic mass is 16.6. The van der Waals surface area contributed by atoms with E-state index in [2.05, 4.69) is 5.32 Å². The summed E-state index contributed by atoms with van der Waals surface area (Å²) in [5.74, 6) is -0.0338. The highest BCUT2D eigenvalue weighted by molar-refractivity contribution is 5.95. The maximum atomic E-state index is 12.2. The van der Waals surface area contributed by atoms with E-state index in [1.165, 1.54) is 18.2 Å². The first-order valence-corrected chi connectivity index (χ1v) is 7.77. The number of ether oxygens (including phenoxy) is 1. The number of carbonyl (C=O) groups excluding carboxylic acids is 1. The van der Waals surface area contributed by atoms with E-state index in [1.54, 1.807) is 6.92 Å². The van der Waals surface area contributed by atoms with Gasteiger partial charge < -0.3 is 10.1 Å². The van der Waals surface area contributed by atoms with Gasteiger partial charge in [-0.25, -0.2) is 0 Å². The third kappa shape index (κ3) is 4.32. The van der Waals surface area contributed by atoms with Gasteiger partial charge in [0, 0.05) is 18.2 Å². The second-order valence-electron chi connectivity index (χ2n) is 5.39. The number of amides is 1. The predicted octanol–water partition coefficient (Wildman–Crippen LogP) is 3.53. The molecule has 0 saturated heterocycles. The molecule has 2 aromatic carbocycles. The molecule has 0 aliphatic carbocycles. The topological polar surface area (TPSA) is 81.5 Å². The van der Waals surface area contributed by atoms with Crippen LogP contribution in [0.4, 0.5) is 5.69 Å². The molecular formula is C18H20N2O4. The molecule has 24 heavy (non-hydrogen) atoms. The molecule has 0 spiro atoms. The lowest BCUT2D eigenvalue weighted by Gasteiger charge is -2.13. The number of nitro groups is 1. The molecule has 0 aromatic heterocycles. The average molecular weight is 328 g/mol. The summed E-state index contributed by atoms with van der Waals surface area (Å²) in [5.41, 5.74) is 1.15. The van der Waals surface area contributed by atoms with Crippen LogP contribution in [0.15, 0.2) is 48.5 Å². The molecule has 0 bridgehead atoms. The van der Waals surface area contributed by atoms with Crippen LogP contribution in [0.1, 0.15) is 35.7 Å². The zero-order chi connectivity index (χ0) is 17.5. The molecule has 1 N–H and O–H groups in total. The Morgan fingerprint density at radius 1 is 1.25 bits per heavy atom. The fourth-order valence-electron chi connectivity index (χ4n) is 2.33. The SMILES string of the molecule is CCOc1ccc(C(=O)NC[C@@H](C)c2ccccc2)cc1[N+](=O)[O-]. The smallest absolute Gasteiger partial charge is 0.311 e. The molecular weight excluding hydrogens is 308 g/mol. The molecule has 1 atom stereocenters. The summed E-state index contributed by atoms with van der Waals surface area (Å²) >= 11 is 0. The maximum Gasteiger partial charge on any atom is 0.311 e. The van der Waals surface area contributed by atoms with Crippen molar-refractivity contribution in [2.24, 2.45) is 0 Å². The van der Waals surface area contributed by atoms with E-state index in [0.29, 0.717) is 13.2 Å². The summed E-state index contributed by atoms with van der Waals surface area (Å²) in [7, 11) is 0. The van der Waals surface area contributed by atoms with Crippen LogP contribution in [-0.2, 0) is 0 Å². The number of hydrogen-bond donors (Lipinski definition) is 1. The highest BCUT2D eigenvalue weighted by Gasteiger charge is 2.19. The zero-order valence-corrected chi connectivity index (χ0v) is 13.7. The van der Waals surface area contributed by atoms with Crippen molar-refractivity contribution in [2.45, 2.75) is 19.8 Å². The first-order chi connectivity index (χ1) is 11.5. The Labute approximate surface area is 140 Å². The molecule has 6 nitrogen and oxygen atoms in total. The van der Waals surface area contributed by atoms with Crippen molar-refractivity contribution in [1.82, 2.24) is 5.32 Å². The Bertz CT molecular complexity index is 716. The fraction of sp³-hybridized carbons (Fsp3) is 0.278. The molecule has 2 aromatic rings. The van der Waals surface area contributed by atoms with E-state index in [1.807, 2.05) is 37.3 Å². The van der Waals surface area contributed by atoms with Crippen molar-refractivity contribution in [1.29, 1.82) is 0 Å². The third-order valence-corrected chi connectivity index (χ3v) is 3.66. The second kappa shape index (κ2) is 8.10. The number of rotatable bonds is 7. The molecule has 0 heterocycles. The number of nitrogens with one attached hydrogen (secondary N) is 1. The Morgan fingerprint density at radius 2 is 1.96 bits per heavy atom. The minimum atomic E-state index is -0.547. The van der Waals surface area contributed by atoms with Crippen LogP contribution in [0.5, 0.6) is 5.75 Å². The van der Waals surface area contributed by atoms with Crippen molar-refractivity contribution in [2.75, 3.05) is 13.2 Å². The molecule has 0 radical (unpaired) electrons. The van der Waals surface area contributed by atoms with Crippen molar-refractivity contribution < 1.29 is 14.5 Å². The molecule has 1 amide bonds. The minimum Gasteiger partial charge on any atom is -0.487 e. The van der Waals surface area contributed by atoms with E-state index < -0.39 is 4.92 Å². The number of hydrogen-bond acceptors (Lipinski definition) is 4. The van der Waals surface area contributed by atoms with Gasteiger partial charge in [0.25, 0.3) is 5.91 Å². The third-order valence-electron chi connectivity index (χ3n) is 3.66. The lowest BCUT2D eigenvalue weighted by molar-refractivity contribution is -0.385. The molecule has 0 fully saturated rings. The number of nitrogens with zero attached hydrogens (tertiary/aromatic N) is 1. The average Bonchev–Trinajstić information content (AvgIpc) is 2.60. The van der Waals surface area contributed by atoms with Gasteiger partial charge >= 0.3 is 5.69 Å². The monoisotopic (exact) mass is 328 g/mol. The van der Waals surface area contributed by atoms with Crippen LogP contribution >= 0.6 is 0 Å². The fourth-order valence-corrected chi connectivity index (χ4v) is 2.33. The first kappa shape index (κ1) is 17.5. The second-order valence-corrected chi connectivity index (χ2v) is 5.39. The molecule has 0 aliphatic heterocycles. The molecule has 126 valence electrons. The summed E-state index contributed by atoms with van der Waals surface area (Å²) in [4.78, 5) is 22.8. The Hall–Kier alpha value is -2.89. The largest absolute Gasteiger partial charge is 0.487 e. The van der Waals surface area contributed by atoms with Crippen LogP contribution in [0.3, 0.4) is 0 Å². The lowest BCUT2D eigenvalue weighted by atomic mass is 10.0. The van der Waals surface area contributed by atoms with Crippen LogP contribution in [-0.4, -0.2) is 24.0 Å².